The SMILES string of the molecule is CCNC(=NCC(C)(C)c1ccc(F)cc1Cl)NCCO. The lowest BCUT2D eigenvalue weighted by molar-refractivity contribution is 0.300. The molecule has 1 aromatic carbocycles. The molecule has 1 aromatic rings. The first-order chi connectivity index (χ1) is 9.90. The summed E-state index contributed by atoms with van der Waals surface area (Å²) in [5, 5.41) is 15.4. The molecule has 0 aliphatic rings. The zero-order valence-electron chi connectivity index (χ0n) is 12.7. The largest absolute Gasteiger partial charge is 0.395 e. The Bertz CT molecular complexity index is 492. The number of hydrogen-bond donors (Lipinski definition) is 3. The van der Waals surface area contributed by atoms with E-state index in [1.54, 1.807) is 6.07 Å². The number of halogens is 2. The van der Waals surface area contributed by atoms with Gasteiger partial charge in [-0.3, -0.25) is 4.99 Å². The van der Waals surface area contributed by atoms with Crippen LogP contribution in [0.25, 0.3) is 0 Å². The second-order valence-corrected chi connectivity index (χ2v) is 5.76. The van der Waals surface area contributed by atoms with Crippen molar-refractivity contribution < 1.29 is 9.50 Å². The van der Waals surface area contributed by atoms with Gasteiger partial charge in [-0.1, -0.05) is 31.5 Å². The Morgan fingerprint density at radius 2 is 2.10 bits per heavy atom. The highest BCUT2D eigenvalue weighted by atomic mass is 35.5. The van der Waals surface area contributed by atoms with E-state index in [2.05, 4.69) is 15.6 Å². The Morgan fingerprint density at radius 1 is 1.38 bits per heavy atom. The molecule has 3 N–H and O–H groups in total. The third-order valence-corrected chi connectivity index (χ3v) is 3.35. The zero-order valence-corrected chi connectivity index (χ0v) is 13.5. The van der Waals surface area contributed by atoms with Crippen LogP contribution in [0.2, 0.25) is 5.02 Å². The number of nitrogens with zero attached hydrogens (tertiary/aromatic N) is 1. The second-order valence-electron chi connectivity index (χ2n) is 5.35. The van der Waals surface area contributed by atoms with Crippen molar-refractivity contribution >= 4 is 17.6 Å². The minimum atomic E-state index is -0.346. The molecule has 0 aliphatic carbocycles. The van der Waals surface area contributed by atoms with Crippen molar-refractivity contribution in [1.82, 2.24) is 10.6 Å². The summed E-state index contributed by atoms with van der Waals surface area (Å²) in [7, 11) is 0. The second kappa shape index (κ2) is 8.20. The van der Waals surface area contributed by atoms with E-state index in [1.807, 2.05) is 20.8 Å². The van der Waals surface area contributed by atoms with Crippen molar-refractivity contribution in [3.05, 3.63) is 34.6 Å². The van der Waals surface area contributed by atoms with Gasteiger partial charge in [0.05, 0.1) is 13.2 Å². The van der Waals surface area contributed by atoms with Crippen LogP contribution in [0.3, 0.4) is 0 Å². The molecule has 0 saturated heterocycles. The van der Waals surface area contributed by atoms with E-state index in [4.69, 9.17) is 16.7 Å². The van der Waals surface area contributed by atoms with Gasteiger partial charge in [-0.15, -0.1) is 0 Å². The first kappa shape index (κ1) is 17.7. The van der Waals surface area contributed by atoms with Crippen LogP contribution in [0.15, 0.2) is 23.2 Å². The maximum atomic E-state index is 13.1. The molecule has 21 heavy (non-hydrogen) atoms. The van der Waals surface area contributed by atoms with Gasteiger partial charge in [0.25, 0.3) is 0 Å². The van der Waals surface area contributed by atoms with E-state index < -0.39 is 0 Å². The van der Waals surface area contributed by atoms with Crippen LogP contribution in [0.1, 0.15) is 26.3 Å². The molecule has 0 fully saturated rings. The summed E-state index contributed by atoms with van der Waals surface area (Å²) in [6.45, 7) is 7.67. The summed E-state index contributed by atoms with van der Waals surface area (Å²) in [5.41, 5.74) is 0.527. The van der Waals surface area contributed by atoms with Crippen LogP contribution in [-0.2, 0) is 5.41 Å². The fraction of sp³-hybridized carbons (Fsp3) is 0.533. The number of nitrogens with one attached hydrogen (secondary N) is 2. The van der Waals surface area contributed by atoms with Crippen molar-refractivity contribution in [2.24, 2.45) is 4.99 Å². The van der Waals surface area contributed by atoms with E-state index in [1.165, 1.54) is 12.1 Å². The maximum Gasteiger partial charge on any atom is 0.191 e. The average Bonchev–Trinajstić information content (AvgIpc) is 2.41. The van der Waals surface area contributed by atoms with Crippen LogP contribution >= 0.6 is 11.6 Å². The van der Waals surface area contributed by atoms with E-state index in [0.717, 1.165) is 12.1 Å². The van der Waals surface area contributed by atoms with E-state index >= 15 is 0 Å². The molecule has 0 heterocycles. The van der Waals surface area contributed by atoms with Gasteiger partial charge in [0.2, 0.25) is 0 Å². The summed E-state index contributed by atoms with van der Waals surface area (Å²) in [6, 6.07) is 4.42. The molecule has 0 aromatic heterocycles. The van der Waals surface area contributed by atoms with Gasteiger partial charge in [-0.05, 0) is 24.6 Å². The highest BCUT2D eigenvalue weighted by Crippen LogP contribution is 2.30. The lowest BCUT2D eigenvalue weighted by Crippen LogP contribution is -2.39. The van der Waals surface area contributed by atoms with Gasteiger partial charge < -0.3 is 15.7 Å². The van der Waals surface area contributed by atoms with Crippen LogP contribution in [0.4, 0.5) is 4.39 Å². The predicted octanol–water partition coefficient (Wildman–Crippen LogP) is 2.30. The van der Waals surface area contributed by atoms with Gasteiger partial charge in [-0.25, -0.2) is 4.39 Å². The van der Waals surface area contributed by atoms with E-state index in [0.29, 0.717) is 24.1 Å². The third kappa shape index (κ3) is 5.52. The smallest absolute Gasteiger partial charge is 0.191 e. The Balaban J connectivity index is 2.86. The number of guanidine groups is 1. The number of aliphatic imine (C=N–C) groups is 1. The lowest BCUT2D eigenvalue weighted by atomic mass is 9.84. The molecular formula is C15H23ClFN3O. The highest BCUT2D eigenvalue weighted by Gasteiger charge is 2.23. The molecule has 0 unspecified atom stereocenters. The van der Waals surface area contributed by atoms with Crippen LogP contribution in [-0.4, -0.2) is 37.3 Å². The summed E-state index contributed by atoms with van der Waals surface area (Å²) in [6.07, 6.45) is 0. The average molecular weight is 316 g/mol. The molecule has 118 valence electrons. The molecule has 0 spiro atoms. The third-order valence-electron chi connectivity index (χ3n) is 3.04. The Labute approximate surface area is 130 Å². The van der Waals surface area contributed by atoms with E-state index in [-0.39, 0.29) is 17.8 Å². The molecule has 0 aliphatic heterocycles. The van der Waals surface area contributed by atoms with Gasteiger partial charge in [-0.2, -0.15) is 0 Å². The number of aliphatic hydroxyl groups is 1. The van der Waals surface area contributed by atoms with Gasteiger partial charge in [0, 0.05) is 23.5 Å². The number of rotatable bonds is 6. The number of hydrogen-bond acceptors (Lipinski definition) is 2. The Morgan fingerprint density at radius 3 is 2.67 bits per heavy atom. The number of benzene rings is 1. The molecule has 0 saturated carbocycles. The fourth-order valence-corrected chi connectivity index (χ4v) is 2.34. The molecule has 0 amide bonds. The van der Waals surface area contributed by atoms with Gasteiger partial charge >= 0.3 is 0 Å². The Kier molecular flexibility index (Phi) is 6.92. The van der Waals surface area contributed by atoms with Gasteiger partial charge in [0.15, 0.2) is 5.96 Å². The Hall–Kier alpha value is -1.33. The van der Waals surface area contributed by atoms with Crippen molar-refractivity contribution in [3.63, 3.8) is 0 Å². The van der Waals surface area contributed by atoms with Crippen molar-refractivity contribution in [2.45, 2.75) is 26.2 Å². The molecular weight excluding hydrogens is 293 g/mol. The first-order valence-corrected chi connectivity index (χ1v) is 7.37. The molecule has 1 rings (SSSR count). The van der Waals surface area contributed by atoms with Gasteiger partial charge in [0.1, 0.15) is 5.82 Å². The van der Waals surface area contributed by atoms with Crippen molar-refractivity contribution in [3.8, 4) is 0 Å². The summed E-state index contributed by atoms with van der Waals surface area (Å²) >= 11 is 6.12. The highest BCUT2D eigenvalue weighted by molar-refractivity contribution is 6.31. The standard InChI is InChI=1S/C15H23ClFN3O/c1-4-18-14(19-7-8-21)20-10-15(2,3)12-6-5-11(17)9-13(12)16/h5-6,9,21H,4,7-8,10H2,1-3H3,(H2,18,19,20). The predicted molar refractivity (Wildman–Crippen MR) is 85.5 cm³/mol. The van der Waals surface area contributed by atoms with Crippen molar-refractivity contribution in [1.29, 1.82) is 0 Å². The number of aliphatic hydroxyl groups excluding tert-OH is 1. The van der Waals surface area contributed by atoms with Crippen molar-refractivity contribution in [2.75, 3.05) is 26.2 Å². The first-order valence-electron chi connectivity index (χ1n) is 6.99. The fourth-order valence-electron chi connectivity index (χ4n) is 1.92. The maximum absolute atomic E-state index is 13.1. The van der Waals surface area contributed by atoms with E-state index in [9.17, 15) is 4.39 Å². The topological polar surface area (TPSA) is 56.7 Å². The molecule has 0 atom stereocenters. The van der Waals surface area contributed by atoms with Crippen LogP contribution in [0, 0.1) is 5.82 Å². The van der Waals surface area contributed by atoms with Crippen LogP contribution in [0.5, 0.6) is 0 Å². The quantitative estimate of drug-likeness (QED) is 0.558. The minimum absolute atomic E-state index is 0.0393. The summed E-state index contributed by atoms with van der Waals surface area (Å²) < 4.78 is 13.1. The molecule has 0 bridgehead atoms. The molecule has 4 nitrogen and oxygen atoms in total. The normalized spacial score (nSPS) is 12.4. The zero-order chi connectivity index (χ0) is 15.9. The lowest BCUT2D eigenvalue weighted by Gasteiger charge is -2.25. The van der Waals surface area contributed by atoms with Crippen LogP contribution < -0.4 is 10.6 Å². The molecule has 6 heteroatoms. The summed E-state index contributed by atoms with van der Waals surface area (Å²) in [4.78, 5) is 4.49. The minimum Gasteiger partial charge on any atom is -0.395 e. The molecule has 0 radical (unpaired) electrons. The summed E-state index contributed by atoms with van der Waals surface area (Å²) in [5.74, 6) is 0.291. The monoisotopic (exact) mass is 315 g/mol.